The maximum absolute atomic E-state index is 13.3. The van der Waals surface area contributed by atoms with Gasteiger partial charge in [-0.3, -0.25) is 10.1 Å². The quantitative estimate of drug-likeness (QED) is 0.633. The summed E-state index contributed by atoms with van der Waals surface area (Å²) in [6, 6.07) is 3.00. The van der Waals surface area contributed by atoms with Crippen molar-refractivity contribution in [2.24, 2.45) is 0 Å². The minimum absolute atomic E-state index is 0.170. The van der Waals surface area contributed by atoms with Gasteiger partial charge in [-0.05, 0) is 13.0 Å². The molecule has 0 fully saturated rings. The summed E-state index contributed by atoms with van der Waals surface area (Å²) < 4.78 is 23.8. The molecule has 0 aliphatic rings. The molecule has 0 bridgehead atoms. The maximum Gasteiger partial charge on any atom is 0.311 e. The minimum atomic E-state index is -0.746. The Labute approximate surface area is 126 Å². The summed E-state index contributed by atoms with van der Waals surface area (Å²) in [5.41, 5.74) is -0.629. The highest BCUT2D eigenvalue weighted by Crippen LogP contribution is 2.31. The van der Waals surface area contributed by atoms with Gasteiger partial charge in [-0.15, -0.1) is 0 Å². The van der Waals surface area contributed by atoms with E-state index in [2.05, 4.69) is 10.1 Å². The zero-order valence-electron chi connectivity index (χ0n) is 12.7. The monoisotopic (exact) mass is 309 g/mol. The van der Waals surface area contributed by atoms with Gasteiger partial charge < -0.3 is 9.26 Å². The van der Waals surface area contributed by atoms with Crippen molar-refractivity contribution in [3.63, 3.8) is 0 Å². The molecular weight excluding hydrogens is 293 g/mol. The van der Waals surface area contributed by atoms with Gasteiger partial charge in [-0.1, -0.05) is 25.9 Å². The van der Waals surface area contributed by atoms with Crippen molar-refractivity contribution in [1.82, 2.24) is 10.1 Å². The number of hydrogen-bond acceptors (Lipinski definition) is 6. The third-order valence-corrected chi connectivity index (χ3v) is 2.88. The van der Waals surface area contributed by atoms with Gasteiger partial charge in [0.15, 0.2) is 11.9 Å². The Morgan fingerprint density at radius 2 is 2.09 bits per heavy atom. The number of nitro benzene ring substituents is 1. The van der Waals surface area contributed by atoms with Gasteiger partial charge in [0.05, 0.1) is 4.92 Å². The Bertz CT molecular complexity index is 694. The zero-order valence-corrected chi connectivity index (χ0v) is 12.7. The fourth-order valence-corrected chi connectivity index (χ4v) is 1.68. The van der Waals surface area contributed by atoms with Crippen molar-refractivity contribution in [3.05, 3.63) is 45.8 Å². The van der Waals surface area contributed by atoms with Crippen LogP contribution >= 0.6 is 0 Å². The van der Waals surface area contributed by atoms with Gasteiger partial charge in [0.1, 0.15) is 5.82 Å². The second kappa shape index (κ2) is 5.70. The molecule has 1 unspecified atom stereocenters. The SMILES string of the molecule is CC(Oc1cc(F)ccc1[N+](=O)[O-])c1nc(C(C)(C)C)no1. The smallest absolute Gasteiger partial charge is 0.311 e. The topological polar surface area (TPSA) is 91.3 Å². The number of nitrogens with zero attached hydrogens (tertiary/aromatic N) is 3. The maximum atomic E-state index is 13.3. The Hall–Kier alpha value is -2.51. The number of aromatic nitrogens is 2. The first-order chi connectivity index (χ1) is 10.2. The summed E-state index contributed by atoms with van der Waals surface area (Å²) in [5, 5.41) is 14.8. The van der Waals surface area contributed by atoms with Crippen LogP contribution in [0, 0.1) is 15.9 Å². The Morgan fingerprint density at radius 1 is 1.41 bits per heavy atom. The van der Waals surface area contributed by atoms with Crippen LogP contribution in [0.2, 0.25) is 0 Å². The van der Waals surface area contributed by atoms with E-state index < -0.39 is 16.8 Å². The van der Waals surface area contributed by atoms with E-state index in [1.807, 2.05) is 20.8 Å². The predicted molar refractivity (Wildman–Crippen MR) is 75.1 cm³/mol. The summed E-state index contributed by atoms with van der Waals surface area (Å²) in [7, 11) is 0. The Balaban J connectivity index is 2.25. The molecule has 0 amide bonds. The van der Waals surface area contributed by atoms with Crippen LogP contribution in [0.15, 0.2) is 22.7 Å². The molecule has 0 saturated heterocycles. The number of hydrogen-bond donors (Lipinski definition) is 0. The molecule has 0 aliphatic carbocycles. The molecule has 22 heavy (non-hydrogen) atoms. The highest BCUT2D eigenvalue weighted by atomic mass is 19.1. The fraction of sp³-hybridized carbons (Fsp3) is 0.429. The summed E-state index contributed by atoms with van der Waals surface area (Å²) in [5.74, 6) is -0.156. The summed E-state index contributed by atoms with van der Waals surface area (Å²) in [6.07, 6.45) is -0.746. The van der Waals surface area contributed by atoms with Crippen LogP contribution in [0.5, 0.6) is 5.75 Å². The molecule has 0 spiro atoms. The molecule has 1 heterocycles. The number of halogens is 1. The van der Waals surface area contributed by atoms with E-state index in [9.17, 15) is 14.5 Å². The lowest BCUT2D eigenvalue weighted by Gasteiger charge is -2.12. The number of ether oxygens (including phenoxy) is 1. The predicted octanol–water partition coefficient (Wildman–Crippen LogP) is 3.55. The van der Waals surface area contributed by atoms with Gasteiger partial charge in [-0.2, -0.15) is 4.98 Å². The van der Waals surface area contributed by atoms with Crippen molar-refractivity contribution in [2.45, 2.75) is 39.2 Å². The molecule has 8 heteroatoms. The standard InChI is InChI=1S/C14H16FN3O4/c1-8(12-16-13(17-22-12)14(2,3)4)21-11-7-9(15)5-6-10(11)18(19)20/h5-8H,1-4H3. The lowest BCUT2D eigenvalue weighted by Crippen LogP contribution is -2.14. The van der Waals surface area contributed by atoms with Crippen LogP contribution in [0.1, 0.15) is 45.5 Å². The molecule has 1 aromatic heterocycles. The van der Waals surface area contributed by atoms with E-state index in [4.69, 9.17) is 9.26 Å². The van der Waals surface area contributed by atoms with E-state index in [-0.39, 0.29) is 22.7 Å². The van der Waals surface area contributed by atoms with Crippen LogP contribution in [0.3, 0.4) is 0 Å². The number of rotatable bonds is 4. The van der Waals surface area contributed by atoms with E-state index in [0.717, 1.165) is 18.2 Å². The first kappa shape index (κ1) is 15.9. The van der Waals surface area contributed by atoms with Crippen molar-refractivity contribution in [1.29, 1.82) is 0 Å². The van der Waals surface area contributed by atoms with Crippen molar-refractivity contribution in [2.75, 3.05) is 0 Å². The highest BCUT2D eigenvalue weighted by molar-refractivity contribution is 5.46. The third-order valence-electron chi connectivity index (χ3n) is 2.88. The van der Waals surface area contributed by atoms with Crippen LogP contribution in [0.4, 0.5) is 10.1 Å². The number of benzene rings is 1. The molecule has 0 radical (unpaired) electrons. The van der Waals surface area contributed by atoms with Gasteiger partial charge >= 0.3 is 5.69 Å². The van der Waals surface area contributed by atoms with Gasteiger partial charge in [0, 0.05) is 17.5 Å². The summed E-state index contributed by atoms with van der Waals surface area (Å²) >= 11 is 0. The first-order valence-electron chi connectivity index (χ1n) is 6.63. The van der Waals surface area contributed by atoms with Crippen LogP contribution in [-0.4, -0.2) is 15.1 Å². The molecule has 2 aromatic rings. The first-order valence-corrected chi connectivity index (χ1v) is 6.63. The van der Waals surface area contributed by atoms with Gasteiger partial charge in [-0.25, -0.2) is 4.39 Å². The van der Waals surface area contributed by atoms with Gasteiger partial charge in [0.2, 0.25) is 5.75 Å². The molecule has 118 valence electrons. The molecule has 0 saturated carbocycles. The van der Waals surface area contributed by atoms with E-state index >= 15 is 0 Å². The molecule has 1 atom stereocenters. The fourth-order valence-electron chi connectivity index (χ4n) is 1.68. The largest absolute Gasteiger partial charge is 0.474 e. The Kier molecular flexibility index (Phi) is 4.11. The summed E-state index contributed by atoms with van der Waals surface area (Å²) in [6.45, 7) is 7.36. The molecule has 0 N–H and O–H groups in total. The van der Waals surface area contributed by atoms with Crippen LogP contribution in [-0.2, 0) is 5.41 Å². The molecule has 1 aromatic carbocycles. The normalized spacial score (nSPS) is 13.0. The van der Waals surface area contributed by atoms with Crippen molar-refractivity contribution in [3.8, 4) is 5.75 Å². The van der Waals surface area contributed by atoms with Crippen molar-refractivity contribution >= 4 is 5.69 Å². The van der Waals surface area contributed by atoms with E-state index in [0.29, 0.717) is 5.82 Å². The molecular formula is C14H16FN3O4. The van der Waals surface area contributed by atoms with E-state index in [1.54, 1.807) is 6.92 Å². The lowest BCUT2D eigenvalue weighted by atomic mass is 9.96. The third kappa shape index (κ3) is 3.38. The lowest BCUT2D eigenvalue weighted by molar-refractivity contribution is -0.386. The molecule has 0 aliphatic heterocycles. The summed E-state index contributed by atoms with van der Waals surface area (Å²) in [4.78, 5) is 14.5. The average Bonchev–Trinajstić information content (AvgIpc) is 2.87. The second-order valence-electron chi connectivity index (χ2n) is 5.84. The minimum Gasteiger partial charge on any atom is -0.474 e. The molecule has 2 rings (SSSR count). The Morgan fingerprint density at radius 3 is 2.64 bits per heavy atom. The highest BCUT2D eigenvalue weighted by Gasteiger charge is 2.25. The number of nitro groups is 1. The average molecular weight is 309 g/mol. The zero-order chi connectivity index (χ0) is 16.5. The molecule has 7 nitrogen and oxygen atoms in total. The van der Waals surface area contributed by atoms with Crippen LogP contribution < -0.4 is 4.74 Å². The van der Waals surface area contributed by atoms with Crippen molar-refractivity contribution < 1.29 is 18.6 Å². The second-order valence-corrected chi connectivity index (χ2v) is 5.84. The van der Waals surface area contributed by atoms with Crippen LogP contribution in [0.25, 0.3) is 0 Å². The van der Waals surface area contributed by atoms with E-state index in [1.165, 1.54) is 0 Å². The van der Waals surface area contributed by atoms with Gasteiger partial charge in [0.25, 0.3) is 5.89 Å².